The summed E-state index contributed by atoms with van der Waals surface area (Å²) in [4.78, 5) is 0. The monoisotopic (exact) mass is 317 g/mol. The number of hydrogen-bond acceptors (Lipinski definition) is 2. The SMILES string of the molecule is Nc1cc(Br)c(F)cc1Oc1ccc(F)cc1F. The summed E-state index contributed by atoms with van der Waals surface area (Å²) in [5.74, 6) is -2.49. The Kier molecular flexibility index (Phi) is 3.47. The van der Waals surface area contributed by atoms with Crippen LogP contribution in [-0.2, 0) is 0 Å². The summed E-state index contributed by atoms with van der Waals surface area (Å²) in [5.41, 5.74) is 5.73. The first-order chi connectivity index (χ1) is 8.47. The number of benzene rings is 2. The van der Waals surface area contributed by atoms with Crippen LogP contribution in [0.3, 0.4) is 0 Å². The summed E-state index contributed by atoms with van der Waals surface area (Å²) in [5, 5.41) is 0. The summed E-state index contributed by atoms with van der Waals surface area (Å²) in [6.45, 7) is 0. The fourth-order valence-corrected chi connectivity index (χ4v) is 1.67. The molecule has 18 heavy (non-hydrogen) atoms. The predicted octanol–water partition coefficient (Wildman–Crippen LogP) is 4.24. The third kappa shape index (κ3) is 2.59. The highest BCUT2D eigenvalue weighted by Crippen LogP contribution is 2.33. The van der Waals surface area contributed by atoms with E-state index >= 15 is 0 Å². The van der Waals surface area contributed by atoms with E-state index in [0.717, 1.165) is 18.2 Å². The first-order valence-corrected chi connectivity index (χ1v) is 5.64. The molecular weight excluding hydrogens is 311 g/mol. The van der Waals surface area contributed by atoms with Gasteiger partial charge in [0.2, 0.25) is 0 Å². The van der Waals surface area contributed by atoms with Gasteiger partial charge in [0.05, 0.1) is 10.2 Å². The highest BCUT2D eigenvalue weighted by molar-refractivity contribution is 9.10. The second kappa shape index (κ2) is 4.89. The first-order valence-electron chi connectivity index (χ1n) is 4.85. The summed E-state index contributed by atoms with van der Waals surface area (Å²) >= 11 is 2.96. The van der Waals surface area contributed by atoms with Crippen molar-refractivity contribution in [2.24, 2.45) is 0 Å². The van der Waals surface area contributed by atoms with Crippen LogP contribution in [0.25, 0.3) is 0 Å². The molecule has 0 radical (unpaired) electrons. The number of rotatable bonds is 2. The van der Waals surface area contributed by atoms with Crippen molar-refractivity contribution >= 4 is 21.6 Å². The van der Waals surface area contributed by atoms with Crippen LogP contribution in [0.15, 0.2) is 34.8 Å². The average molecular weight is 318 g/mol. The van der Waals surface area contributed by atoms with E-state index in [4.69, 9.17) is 10.5 Å². The molecule has 0 heterocycles. The molecule has 0 unspecified atom stereocenters. The van der Waals surface area contributed by atoms with Crippen LogP contribution < -0.4 is 10.5 Å². The second-order valence-electron chi connectivity index (χ2n) is 3.48. The zero-order valence-electron chi connectivity index (χ0n) is 8.88. The predicted molar refractivity (Wildman–Crippen MR) is 64.9 cm³/mol. The third-order valence-electron chi connectivity index (χ3n) is 2.17. The van der Waals surface area contributed by atoms with Crippen molar-refractivity contribution < 1.29 is 17.9 Å². The zero-order chi connectivity index (χ0) is 13.3. The van der Waals surface area contributed by atoms with Crippen molar-refractivity contribution in [1.29, 1.82) is 0 Å². The van der Waals surface area contributed by atoms with Gasteiger partial charge >= 0.3 is 0 Å². The smallest absolute Gasteiger partial charge is 0.168 e. The maximum absolute atomic E-state index is 13.3. The molecule has 0 aliphatic heterocycles. The average Bonchev–Trinajstić information content (AvgIpc) is 2.29. The van der Waals surface area contributed by atoms with E-state index in [2.05, 4.69) is 15.9 Å². The molecular formula is C12H7BrF3NO. The van der Waals surface area contributed by atoms with Gasteiger partial charge in [0.15, 0.2) is 17.3 Å². The van der Waals surface area contributed by atoms with Gasteiger partial charge in [-0.15, -0.1) is 0 Å². The Morgan fingerprint density at radius 1 is 0.944 bits per heavy atom. The lowest BCUT2D eigenvalue weighted by Crippen LogP contribution is -1.96. The van der Waals surface area contributed by atoms with Gasteiger partial charge in [0.1, 0.15) is 11.6 Å². The molecule has 2 aromatic rings. The van der Waals surface area contributed by atoms with E-state index in [1.807, 2.05) is 0 Å². The maximum Gasteiger partial charge on any atom is 0.168 e. The lowest BCUT2D eigenvalue weighted by molar-refractivity contribution is 0.436. The Balaban J connectivity index is 2.37. The molecule has 0 aliphatic rings. The molecule has 0 spiro atoms. The molecule has 2 rings (SSSR count). The van der Waals surface area contributed by atoms with E-state index < -0.39 is 17.5 Å². The first kappa shape index (κ1) is 12.8. The minimum absolute atomic E-state index is 0.0405. The van der Waals surface area contributed by atoms with E-state index in [1.165, 1.54) is 6.07 Å². The highest BCUT2D eigenvalue weighted by Gasteiger charge is 2.11. The molecule has 0 bridgehead atoms. The van der Waals surface area contributed by atoms with Crippen molar-refractivity contribution in [3.05, 3.63) is 52.3 Å². The topological polar surface area (TPSA) is 35.2 Å². The largest absolute Gasteiger partial charge is 0.452 e. The molecule has 2 aromatic carbocycles. The number of hydrogen-bond donors (Lipinski definition) is 1. The number of nitrogen functional groups attached to an aromatic ring is 1. The third-order valence-corrected chi connectivity index (χ3v) is 2.77. The van der Waals surface area contributed by atoms with Crippen LogP contribution in [0.2, 0.25) is 0 Å². The molecule has 2 N–H and O–H groups in total. The van der Waals surface area contributed by atoms with Crippen molar-refractivity contribution in [3.8, 4) is 11.5 Å². The van der Waals surface area contributed by atoms with Gasteiger partial charge < -0.3 is 10.5 Å². The summed E-state index contributed by atoms with van der Waals surface area (Å²) in [6, 6.07) is 5.11. The maximum atomic E-state index is 13.3. The number of halogens is 4. The van der Waals surface area contributed by atoms with Gasteiger partial charge in [-0.05, 0) is 34.1 Å². The van der Waals surface area contributed by atoms with E-state index in [-0.39, 0.29) is 21.7 Å². The number of ether oxygens (including phenoxy) is 1. The normalized spacial score (nSPS) is 10.4. The van der Waals surface area contributed by atoms with Crippen molar-refractivity contribution in [2.45, 2.75) is 0 Å². The van der Waals surface area contributed by atoms with Crippen LogP contribution >= 0.6 is 15.9 Å². The molecule has 0 aromatic heterocycles. The quantitative estimate of drug-likeness (QED) is 0.841. The molecule has 0 saturated carbocycles. The molecule has 0 atom stereocenters. The molecule has 0 aliphatic carbocycles. The van der Waals surface area contributed by atoms with Crippen LogP contribution in [0.1, 0.15) is 0 Å². The Bertz CT molecular complexity index is 604. The molecule has 6 heteroatoms. The Morgan fingerprint density at radius 2 is 1.67 bits per heavy atom. The number of nitrogens with two attached hydrogens (primary N) is 1. The fourth-order valence-electron chi connectivity index (χ4n) is 1.31. The van der Waals surface area contributed by atoms with Gasteiger partial charge in [0.25, 0.3) is 0 Å². The Labute approximate surface area is 109 Å². The molecule has 0 amide bonds. The minimum Gasteiger partial charge on any atom is -0.452 e. The standard InChI is InChI=1S/C12H7BrF3NO/c13-7-4-10(17)12(5-8(7)15)18-11-2-1-6(14)3-9(11)16/h1-5H,17H2. The van der Waals surface area contributed by atoms with E-state index in [1.54, 1.807) is 0 Å². The van der Waals surface area contributed by atoms with E-state index in [9.17, 15) is 13.2 Å². The van der Waals surface area contributed by atoms with Crippen molar-refractivity contribution in [3.63, 3.8) is 0 Å². The Morgan fingerprint density at radius 3 is 2.33 bits per heavy atom. The fraction of sp³-hybridized carbons (Fsp3) is 0. The van der Waals surface area contributed by atoms with Gasteiger partial charge in [0, 0.05) is 12.1 Å². The van der Waals surface area contributed by atoms with Crippen LogP contribution in [0.5, 0.6) is 11.5 Å². The van der Waals surface area contributed by atoms with Crippen LogP contribution in [0.4, 0.5) is 18.9 Å². The minimum atomic E-state index is -0.891. The van der Waals surface area contributed by atoms with Gasteiger partial charge in [-0.1, -0.05) is 0 Å². The van der Waals surface area contributed by atoms with Gasteiger partial charge in [-0.2, -0.15) is 0 Å². The summed E-state index contributed by atoms with van der Waals surface area (Å²) in [6.07, 6.45) is 0. The number of anilines is 1. The molecule has 0 saturated heterocycles. The van der Waals surface area contributed by atoms with Gasteiger partial charge in [-0.3, -0.25) is 0 Å². The molecule has 0 fully saturated rings. The molecule has 2 nitrogen and oxygen atoms in total. The lowest BCUT2D eigenvalue weighted by atomic mass is 10.3. The zero-order valence-corrected chi connectivity index (χ0v) is 10.5. The van der Waals surface area contributed by atoms with Crippen LogP contribution in [0, 0.1) is 17.5 Å². The summed E-state index contributed by atoms with van der Waals surface area (Å²) in [7, 11) is 0. The van der Waals surface area contributed by atoms with Crippen molar-refractivity contribution in [1.82, 2.24) is 0 Å². The lowest BCUT2D eigenvalue weighted by Gasteiger charge is -2.10. The van der Waals surface area contributed by atoms with E-state index in [0.29, 0.717) is 6.07 Å². The molecule has 94 valence electrons. The Hall–Kier alpha value is -1.69. The highest BCUT2D eigenvalue weighted by atomic mass is 79.9. The van der Waals surface area contributed by atoms with Crippen molar-refractivity contribution in [2.75, 3.05) is 5.73 Å². The second-order valence-corrected chi connectivity index (χ2v) is 4.34. The van der Waals surface area contributed by atoms with Gasteiger partial charge in [-0.25, -0.2) is 13.2 Å². The summed E-state index contributed by atoms with van der Waals surface area (Å²) < 4.78 is 44.6. The van der Waals surface area contributed by atoms with Crippen LogP contribution in [-0.4, -0.2) is 0 Å².